The Balaban J connectivity index is 1.69. The van der Waals surface area contributed by atoms with Crippen molar-refractivity contribution in [3.63, 3.8) is 0 Å². The maximum atomic E-state index is 12.4. The van der Waals surface area contributed by atoms with Gasteiger partial charge >= 0.3 is 0 Å². The molecule has 0 aliphatic carbocycles. The predicted octanol–water partition coefficient (Wildman–Crippen LogP) is 4.70. The molecule has 3 rings (SSSR count). The molecule has 132 valence electrons. The molecule has 0 spiro atoms. The van der Waals surface area contributed by atoms with Crippen LogP contribution in [0.4, 0.5) is 17.2 Å². The van der Waals surface area contributed by atoms with E-state index in [1.807, 2.05) is 24.3 Å². The van der Waals surface area contributed by atoms with Crippen molar-refractivity contribution in [2.24, 2.45) is 0 Å². The standard InChI is InChI=1S/C21H21N3O2/c1-14-8-9-16(12-15(14)2)23-20-11-10-17(13-22-20)24-21(25)18-6-4-5-7-19(18)26-3/h4-13H,1-3H3,(H,22,23)(H,24,25). The van der Waals surface area contributed by atoms with Gasteiger partial charge in [-0.2, -0.15) is 0 Å². The molecule has 0 radical (unpaired) electrons. The summed E-state index contributed by atoms with van der Waals surface area (Å²) in [4.78, 5) is 16.8. The van der Waals surface area contributed by atoms with Gasteiger partial charge in [0.25, 0.3) is 5.91 Å². The van der Waals surface area contributed by atoms with Crippen LogP contribution in [0.15, 0.2) is 60.8 Å². The molecule has 3 aromatic rings. The summed E-state index contributed by atoms with van der Waals surface area (Å²) in [5.74, 6) is 1.01. The molecule has 1 heterocycles. The van der Waals surface area contributed by atoms with Gasteiger partial charge in [-0.25, -0.2) is 4.98 Å². The summed E-state index contributed by atoms with van der Waals surface area (Å²) in [6, 6.07) is 16.9. The highest BCUT2D eigenvalue weighted by atomic mass is 16.5. The maximum absolute atomic E-state index is 12.4. The maximum Gasteiger partial charge on any atom is 0.259 e. The van der Waals surface area contributed by atoms with Crippen molar-refractivity contribution in [1.82, 2.24) is 4.98 Å². The number of hydrogen-bond acceptors (Lipinski definition) is 4. The molecule has 1 amide bonds. The van der Waals surface area contributed by atoms with Gasteiger partial charge < -0.3 is 15.4 Å². The Kier molecular flexibility index (Phi) is 5.17. The van der Waals surface area contributed by atoms with Gasteiger partial charge in [-0.15, -0.1) is 0 Å². The van der Waals surface area contributed by atoms with Gasteiger partial charge in [-0.05, 0) is 61.4 Å². The summed E-state index contributed by atoms with van der Waals surface area (Å²) in [5.41, 5.74) is 4.54. The molecule has 0 fully saturated rings. The van der Waals surface area contributed by atoms with Gasteiger partial charge in [0.05, 0.1) is 24.6 Å². The number of pyridine rings is 1. The molecule has 0 aliphatic heterocycles. The van der Waals surface area contributed by atoms with Crippen LogP contribution in [-0.4, -0.2) is 18.0 Å². The summed E-state index contributed by atoms with van der Waals surface area (Å²) in [6.45, 7) is 4.15. The van der Waals surface area contributed by atoms with Crippen LogP contribution < -0.4 is 15.4 Å². The molecule has 2 aromatic carbocycles. The number of aromatic nitrogens is 1. The Hall–Kier alpha value is -3.34. The number of ether oxygens (including phenoxy) is 1. The minimum Gasteiger partial charge on any atom is -0.496 e. The normalized spacial score (nSPS) is 10.3. The van der Waals surface area contributed by atoms with Gasteiger partial charge in [0.15, 0.2) is 0 Å². The van der Waals surface area contributed by atoms with Crippen LogP contribution in [-0.2, 0) is 0 Å². The van der Waals surface area contributed by atoms with E-state index in [1.54, 1.807) is 31.5 Å². The molecule has 0 saturated carbocycles. The zero-order valence-electron chi connectivity index (χ0n) is 15.0. The first-order chi connectivity index (χ1) is 12.6. The zero-order valence-corrected chi connectivity index (χ0v) is 15.0. The van der Waals surface area contributed by atoms with E-state index in [2.05, 4.69) is 41.6 Å². The van der Waals surface area contributed by atoms with Crippen LogP contribution in [0.5, 0.6) is 5.75 Å². The van der Waals surface area contributed by atoms with Crippen molar-refractivity contribution < 1.29 is 9.53 Å². The van der Waals surface area contributed by atoms with Crippen molar-refractivity contribution in [2.75, 3.05) is 17.7 Å². The summed E-state index contributed by atoms with van der Waals surface area (Å²) in [7, 11) is 1.54. The van der Waals surface area contributed by atoms with E-state index in [-0.39, 0.29) is 5.91 Å². The van der Waals surface area contributed by atoms with Crippen LogP contribution in [0.3, 0.4) is 0 Å². The fourth-order valence-electron chi connectivity index (χ4n) is 2.54. The predicted molar refractivity (Wildman–Crippen MR) is 104 cm³/mol. The van der Waals surface area contributed by atoms with E-state index >= 15 is 0 Å². The van der Waals surface area contributed by atoms with E-state index in [0.717, 1.165) is 5.69 Å². The first-order valence-corrected chi connectivity index (χ1v) is 8.31. The van der Waals surface area contributed by atoms with Crippen LogP contribution in [0.2, 0.25) is 0 Å². The first kappa shape index (κ1) is 17.5. The molecule has 0 atom stereocenters. The molecular weight excluding hydrogens is 326 g/mol. The lowest BCUT2D eigenvalue weighted by Gasteiger charge is -2.10. The number of carbonyl (C=O) groups excluding carboxylic acids is 1. The van der Waals surface area contributed by atoms with Gasteiger partial charge in [0.2, 0.25) is 0 Å². The quantitative estimate of drug-likeness (QED) is 0.702. The Bertz CT molecular complexity index is 921. The fourth-order valence-corrected chi connectivity index (χ4v) is 2.54. The van der Waals surface area contributed by atoms with Gasteiger partial charge in [0.1, 0.15) is 11.6 Å². The molecule has 0 saturated heterocycles. The third kappa shape index (κ3) is 4.00. The Morgan fingerprint density at radius 3 is 2.42 bits per heavy atom. The second-order valence-electron chi connectivity index (χ2n) is 6.01. The van der Waals surface area contributed by atoms with Crippen molar-refractivity contribution in [1.29, 1.82) is 0 Å². The van der Waals surface area contributed by atoms with E-state index in [4.69, 9.17) is 4.74 Å². The second kappa shape index (κ2) is 7.70. The van der Waals surface area contributed by atoms with Crippen LogP contribution in [0.1, 0.15) is 21.5 Å². The van der Waals surface area contributed by atoms with E-state index in [0.29, 0.717) is 22.8 Å². The monoisotopic (exact) mass is 347 g/mol. The lowest BCUT2D eigenvalue weighted by atomic mass is 10.1. The lowest BCUT2D eigenvalue weighted by Crippen LogP contribution is -2.13. The molecule has 0 aliphatic rings. The highest BCUT2D eigenvalue weighted by molar-refractivity contribution is 6.06. The summed E-state index contributed by atoms with van der Waals surface area (Å²) in [5, 5.41) is 6.09. The number of methoxy groups -OCH3 is 1. The molecule has 5 nitrogen and oxygen atoms in total. The number of nitrogens with one attached hydrogen (secondary N) is 2. The Morgan fingerprint density at radius 1 is 0.962 bits per heavy atom. The summed E-state index contributed by atoms with van der Waals surface area (Å²) in [6.07, 6.45) is 1.62. The Labute approximate surface area is 153 Å². The molecule has 0 bridgehead atoms. The molecule has 5 heteroatoms. The van der Waals surface area contributed by atoms with Crippen LogP contribution in [0.25, 0.3) is 0 Å². The SMILES string of the molecule is COc1ccccc1C(=O)Nc1ccc(Nc2ccc(C)c(C)c2)nc1. The Morgan fingerprint density at radius 2 is 1.73 bits per heavy atom. The molecule has 1 aromatic heterocycles. The molecule has 0 unspecified atom stereocenters. The van der Waals surface area contributed by atoms with E-state index in [1.165, 1.54) is 11.1 Å². The van der Waals surface area contributed by atoms with Gasteiger partial charge in [0, 0.05) is 5.69 Å². The van der Waals surface area contributed by atoms with Gasteiger partial charge in [-0.1, -0.05) is 18.2 Å². The third-order valence-electron chi connectivity index (χ3n) is 4.15. The lowest BCUT2D eigenvalue weighted by molar-refractivity contribution is 0.102. The number of nitrogens with zero attached hydrogens (tertiary/aromatic N) is 1. The highest BCUT2D eigenvalue weighted by Gasteiger charge is 2.11. The topological polar surface area (TPSA) is 63.2 Å². The number of rotatable bonds is 5. The molecule has 26 heavy (non-hydrogen) atoms. The largest absolute Gasteiger partial charge is 0.496 e. The van der Waals surface area contributed by atoms with Crippen LogP contribution in [0, 0.1) is 13.8 Å². The summed E-state index contributed by atoms with van der Waals surface area (Å²) >= 11 is 0. The van der Waals surface area contributed by atoms with Crippen LogP contribution >= 0.6 is 0 Å². The minimum absolute atomic E-state index is 0.237. The number of anilines is 3. The first-order valence-electron chi connectivity index (χ1n) is 8.31. The fraction of sp³-hybridized carbons (Fsp3) is 0.143. The van der Waals surface area contributed by atoms with E-state index < -0.39 is 0 Å². The highest BCUT2D eigenvalue weighted by Crippen LogP contribution is 2.21. The molecular formula is C21H21N3O2. The number of hydrogen-bond donors (Lipinski definition) is 2. The second-order valence-corrected chi connectivity index (χ2v) is 6.01. The minimum atomic E-state index is -0.237. The van der Waals surface area contributed by atoms with Crippen molar-refractivity contribution in [3.8, 4) is 5.75 Å². The van der Waals surface area contributed by atoms with Crippen molar-refractivity contribution in [2.45, 2.75) is 13.8 Å². The number of amides is 1. The zero-order chi connectivity index (χ0) is 18.5. The van der Waals surface area contributed by atoms with Crippen molar-refractivity contribution >= 4 is 23.1 Å². The number of para-hydroxylation sites is 1. The number of benzene rings is 2. The average molecular weight is 347 g/mol. The van der Waals surface area contributed by atoms with Crippen molar-refractivity contribution in [3.05, 3.63) is 77.5 Å². The number of aryl methyl sites for hydroxylation is 2. The number of carbonyl (C=O) groups is 1. The van der Waals surface area contributed by atoms with Gasteiger partial charge in [-0.3, -0.25) is 4.79 Å². The summed E-state index contributed by atoms with van der Waals surface area (Å²) < 4.78 is 5.22. The van der Waals surface area contributed by atoms with E-state index in [9.17, 15) is 4.79 Å². The smallest absolute Gasteiger partial charge is 0.259 e. The average Bonchev–Trinajstić information content (AvgIpc) is 2.66. The molecule has 2 N–H and O–H groups in total. The third-order valence-corrected chi connectivity index (χ3v) is 4.15.